The van der Waals surface area contributed by atoms with Gasteiger partial charge in [-0.2, -0.15) is 0 Å². The quantitative estimate of drug-likeness (QED) is 0.669. The van der Waals surface area contributed by atoms with Gasteiger partial charge in [0.15, 0.2) is 0 Å². The van der Waals surface area contributed by atoms with Gasteiger partial charge in [0, 0.05) is 50.3 Å². The fraction of sp³-hybridized carbons (Fsp3) is 0.417. The molecular formula is C12H19N2OU-. The Bertz CT molecular complexity index is 278. The van der Waals surface area contributed by atoms with Crippen LogP contribution in [0.25, 0.3) is 0 Å². The fourth-order valence-electron chi connectivity index (χ4n) is 0.946. The predicted molar refractivity (Wildman–Crippen MR) is 63.6 cm³/mol. The van der Waals surface area contributed by atoms with E-state index in [0.29, 0.717) is 13.0 Å². The first kappa shape index (κ1) is 18.0. The Morgan fingerprint density at radius 2 is 2.06 bits per heavy atom. The molecule has 0 unspecified atom stereocenters. The van der Waals surface area contributed by atoms with Gasteiger partial charge in [-0.15, -0.1) is 0 Å². The SMILES string of the molecule is CC.[CH2-]N(CC(=O)CC)c1ccccn1.[U]. The predicted octanol–water partition coefficient (Wildman–Crippen LogP) is 2.68. The molecule has 0 atom stereocenters. The second-order valence-corrected chi connectivity index (χ2v) is 2.78. The number of nitrogens with zero attached hydrogens (tertiary/aromatic N) is 2. The Balaban J connectivity index is 0. The summed E-state index contributed by atoms with van der Waals surface area (Å²) < 4.78 is 0. The van der Waals surface area contributed by atoms with Crippen LogP contribution in [-0.2, 0) is 4.79 Å². The molecule has 0 saturated heterocycles. The van der Waals surface area contributed by atoms with Crippen LogP contribution in [0.15, 0.2) is 24.4 Å². The number of Topliss-reactive ketones (excluding diaryl/α,β-unsaturated/α-hetero) is 1. The van der Waals surface area contributed by atoms with E-state index in [-0.39, 0.29) is 36.9 Å². The first-order valence-corrected chi connectivity index (χ1v) is 5.24. The number of ketones is 1. The summed E-state index contributed by atoms with van der Waals surface area (Å²) in [6.45, 7) is 6.17. The van der Waals surface area contributed by atoms with Gasteiger partial charge in [0.1, 0.15) is 5.78 Å². The van der Waals surface area contributed by atoms with Crippen molar-refractivity contribution in [2.24, 2.45) is 0 Å². The number of pyridine rings is 1. The van der Waals surface area contributed by atoms with Crippen molar-refractivity contribution in [1.29, 1.82) is 0 Å². The number of anilines is 1. The van der Waals surface area contributed by atoms with Crippen LogP contribution in [0.3, 0.4) is 0 Å². The van der Waals surface area contributed by atoms with Crippen LogP contribution >= 0.6 is 0 Å². The molecule has 0 saturated carbocycles. The van der Waals surface area contributed by atoms with Crippen LogP contribution in [-0.4, -0.2) is 17.3 Å². The molecule has 0 spiro atoms. The number of carbonyl (C=O) groups is 1. The number of hydrogen-bond acceptors (Lipinski definition) is 3. The van der Waals surface area contributed by atoms with Crippen molar-refractivity contribution in [3.63, 3.8) is 0 Å². The molecule has 1 aromatic rings. The van der Waals surface area contributed by atoms with Crippen LogP contribution in [0.2, 0.25) is 0 Å². The fourth-order valence-corrected chi connectivity index (χ4v) is 0.946. The average Bonchev–Trinajstić information content (AvgIpc) is 2.32. The van der Waals surface area contributed by atoms with Gasteiger partial charge in [-0.1, -0.05) is 26.8 Å². The molecule has 1 heterocycles. The van der Waals surface area contributed by atoms with Crippen molar-refractivity contribution in [1.82, 2.24) is 4.98 Å². The van der Waals surface area contributed by atoms with E-state index in [2.05, 4.69) is 12.0 Å². The maximum absolute atomic E-state index is 11.1. The molecule has 3 nitrogen and oxygen atoms in total. The zero-order chi connectivity index (χ0) is 11.7. The van der Waals surface area contributed by atoms with E-state index in [9.17, 15) is 4.79 Å². The summed E-state index contributed by atoms with van der Waals surface area (Å²) in [5.41, 5.74) is 0. The van der Waals surface area contributed by atoms with E-state index < -0.39 is 0 Å². The normalized spacial score (nSPS) is 8.25. The van der Waals surface area contributed by atoms with E-state index in [0.717, 1.165) is 5.82 Å². The molecule has 0 amide bonds. The molecule has 88 valence electrons. The van der Waals surface area contributed by atoms with E-state index in [1.807, 2.05) is 39.0 Å². The van der Waals surface area contributed by atoms with Crippen molar-refractivity contribution < 1.29 is 35.9 Å². The van der Waals surface area contributed by atoms with Gasteiger partial charge in [-0.25, -0.2) is 4.98 Å². The molecule has 0 N–H and O–H groups in total. The molecule has 1 rings (SSSR count). The second-order valence-electron chi connectivity index (χ2n) is 2.78. The van der Waals surface area contributed by atoms with Crippen LogP contribution in [0.4, 0.5) is 5.82 Å². The van der Waals surface area contributed by atoms with Crippen LogP contribution in [0.5, 0.6) is 0 Å². The van der Waals surface area contributed by atoms with E-state index in [1.165, 1.54) is 0 Å². The number of rotatable bonds is 4. The molecule has 0 aliphatic carbocycles. The molecule has 0 radical (unpaired) electrons. The zero-order valence-corrected chi connectivity index (χ0v) is 14.4. The molecule has 4 heteroatoms. The third-order valence-corrected chi connectivity index (χ3v) is 1.73. The van der Waals surface area contributed by atoms with Gasteiger partial charge in [0.2, 0.25) is 0 Å². The average molecular weight is 445 g/mol. The van der Waals surface area contributed by atoms with Crippen LogP contribution < -0.4 is 4.90 Å². The maximum atomic E-state index is 11.1. The van der Waals surface area contributed by atoms with E-state index in [1.54, 1.807) is 11.1 Å². The molecule has 0 aliphatic rings. The summed E-state index contributed by atoms with van der Waals surface area (Å²) in [4.78, 5) is 16.8. The van der Waals surface area contributed by atoms with Crippen molar-refractivity contribution in [2.75, 3.05) is 11.4 Å². The van der Waals surface area contributed by atoms with Gasteiger partial charge in [-0.3, -0.25) is 11.8 Å². The summed E-state index contributed by atoms with van der Waals surface area (Å²) in [7, 11) is 3.75. The summed E-state index contributed by atoms with van der Waals surface area (Å²) in [5, 5.41) is 0. The van der Waals surface area contributed by atoms with Gasteiger partial charge >= 0.3 is 0 Å². The molecule has 0 aliphatic heterocycles. The Morgan fingerprint density at radius 1 is 1.44 bits per heavy atom. The Kier molecular flexibility index (Phi) is 12.6. The molecule has 1 aromatic heterocycles. The number of aromatic nitrogens is 1. The molecule has 0 aromatic carbocycles. The first-order valence-electron chi connectivity index (χ1n) is 5.24. The molecular weight excluding hydrogens is 426 g/mol. The third-order valence-electron chi connectivity index (χ3n) is 1.73. The second kappa shape index (κ2) is 11.2. The van der Waals surface area contributed by atoms with Crippen LogP contribution in [0, 0.1) is 38.2 Å². The van der Waals surface area contributed by atoms with Gasteiger partial charge in [0.05, 0.1) is 5.82 Å². The van der Waals surface area contributed by atoms with E-state index >= 15 is 0 Å². The summed E-state index contributed by atoms with van der Waals surface area (Å²) in [6, 6.07) is 5.53. The minimum Gasteiger partial charge on any atom is -0.504 e. The minimum atomic E-state index is 0. The summed E-state index contributed by atoms with van der Waals surface area (Å²) in [6.07, 6.45) is 2.22. The van der Waals surface area contributed by atoms with Gasteiger partial charge in [0.25, 0.3) is 0 Å². The number of hydrogen-bond donors (Lipinski definition) is 0. The van der Waals surface area contributed by atoms with Crippen molar-refractivity contribution in [3.05, 3.63) is 31.4 Å². The van der Waals surface area contributed by atoms with Crippen molar-refractivity contribution in [2.45, 2.75) is 27.2 Å². The van der Waals surface area contributed by atoms with Crippen LogP contribution in [0.1, 0.15) is 27.2 Å². The molecule has 0 bridgehead atoms. The summed E-state index contributed by atoms with van der Waals surface area (Å²) >= 11 is 0. The molecule has 0 fully saturated rings. The molecule has 16 heavy (non-hydrogen) atoms. The monoisotopic (exact) mass is 445 g/mol. The van der Waals surface area contributed by atoms with Gasteiger partial charge in [-0.05, 0) is 12.1 Å². The summed E-state index contributed by atoms with van der Waals surface area (Å²) in [5.74, 6) is 0.893. The minimum absolute atomic E-state index is 0. The Morgan fingerprint density at radius 3 is 2.50 bits per heavy atom. The number of carbonyl (C=O) groups excluding carboxylic acids is 1. The van der Waals surface area contributed by atoms with E-state index in [4.69, 9.17) is 0 Å². The first-order chi connectivity index (χ1) is 7.24. The smallest absolute Gasteiger partial charge is 0.149 e. The largest absolute Gasteiger partial charge is 0.504 e. The zero-order valence-electron chi connectivity index (χ0n) is 10.2. The Hall–Kier alpha value is -0.328. The van der Waals surface area contributed by atoms with Crippen molar-refractivity contribution >= 4 is 11.6 Å². The standard InChI is InChI=1S/C10H13N2O.C2H6.U/c1-3-9(13)8-12(2)10-6-4-5-7-11-10;1-2;/h4-7H,2-3,8H2,1H3;1-2H3;/q-1;;. The maximum Gasteiger partial charge on any atom is 0.149 e. The Labute approximate surface area is 122 Å². The van der Waals surface area contributed by atoms with Gasteiger partial charge < -0.3 is 4.90 Å². The third kappa shape index (κ3) is 7.03. The van der Waals surface area contributed by atoms with Crippen molar-refractivity contribution in [3.8, 4) is 0 Å². The topological polar surface area (TPSA) is 33.2 Å².